The van der Waals surface area contributed by atoms with E-state index >= 15 is 0 Å². The molecule has 0 radical (unpaired) electrons. The minimum atomic E-state index is 0. The monoisotopic (exact) mass is 326 g/mol. The summed E-state index contributed by atoms with van der Waals surface area (Å²) in [7, 11) is 0. The van der Waals surface area contributed by atoms with Crippen LogP contribution in [0.25, 0.3) is 0 Å². The van der Waals surface area contributed by atoms with Crippen molar-refractivity contribution in [2.24, 2.45) is 0 Å². The van der Waals surface area contributed by atoms with Crippen molar-refractivity contribution >= 4 is 62.5 Å². The second-order valence-corrected chi connectivity index (χ2v) is 0. The van der Waals surface area contributed by atoms with Crippen LogP contribution in [0.5, 0.6) is 0 Å². The summed E-state index contributed by atoms with van der Waals surface area (Å²) in [4.78, 5) is 0. The maximum Gasteiger partial charge on any atom is 2.00 e. The maximum absolute atomic E-state index is 0. The fourth-order valence-corrected chi connectivity index (χ4v) is 0. The van der Waals surface area contributed by atoms with Crippen molar-refractivity contribution in [2.45, 2.75) is 0 Å². The van der Waals surface area contributed by atoms with Crippen LogP contribution in [-0.2, 0) is 0 Å². The molecule has 4 heteroatoms. The van der Waals surface area contributed by atoms with Gasteiger partial charge < -0.3 is 34.0 Å². The Kier molecular flexibility index (Phi) is 119. The van der Waals surface area contributed by atoms with Gasteiger partial charge in [-0.3, -0.25) is 0 Å². The van der Waals surface area contributed by atoms with Gasteiger partial charge in [-0.2, -0.15) is 0 Å². The van der Waals surface area contributed by atoms with Crippen LogP contribution in [0, 0.1) is 0 Å². The fraction of sp³-hybridized carbons (Fsp3) is 0. The zero-order chi connectivity index (χ0) is 0. The van der Waals surface area contributed by atoms with Gasteiger partial charge in [-0.15, -0.1) is 17.0 Å². The number of hydrogen-bond acceptors (Lipinski definition) is 0. The van der Waals surface area contributed by atoms with Gasteiger partial charge >= 0.3 is 45.5 Å². The Balaban J connectivity index is 0. The summed E-state index contributed by atoms with van der Waals surface area (Å²) in [5, 5.41) is 0. The SMILES string of the molecule is Br.[Br-].[Br-].[Sr+2]. The average molecular weight is 328 g/mol. The van der Waals surface area contributed by atoms with Crippen LogP contribution in [0.4, 0.5) is 0 Å². The summed E-state index contributed by atoms with van der Waals surface area (Å²) >= 11 is 0. The van der Waals surface area contributed by atoms with E-state index in [1.165, 1.54) is 0 Å². The van der Waals surface area contributed by atoms with E-state index in [1.807, 2.05) is 0 Å². The molecule has 0 aliphatic carbocycles. The van der Waals surface area contributed by atoms with Crippen molar-refractivity contribution in [2.75, 3.05) is 0 Å². The molecule has 0 aliphatic rings. The van der Waals surface area contributed by atoms with Crippen LogP contribution < -0.4 is 34.0 Å². The van der Waals surface area contributed by atoms with Crippen molar-refractivity contribution in [3.05, 3.63) is 0 Å². The molecule has 0 saturated heterocycles. The molecule has 0 heterocycles. The first kappa shape index (κ1) is 28.4. The quantitative estimate of drug-likeness (QED) is 0.389. The molecule has 0 rings (SSSR count). The summed E-state index contributed by atoms with van der Waals surface area (Å²) in [5.74, 6) is 0. The third kappa shape index (κ3) is 8.87. The van der Waals surface area contributed by atoms with Crippen molar-refractivity contribution in [3.63, 3.8) is 0 Å². The summed E-state index contributed by atoms with van der Waals surface area (Å²) in [6, 6.07) is 0. The molecule has 4 heavy (non-hydrogen) atoms. The standard InChI is InChI=1S/3BrH.Sr/h3*1H;/q;;;+2/p-2. The molecule has 0 N–H and O–H groups in total. The number of rotatable bonds is 0. The largest absolute Gasteiger partial charge is 2.00 e. The summed E-state index contributed by atoms with van der Waals surface area (Å²) in [6.07, 6.45) is 0. The van der Waals surface area contributed by atoms with E-state index in [1.54, 1.807) is 0 Å². The van der Waals surface area contributed by atoms with Crippen molar-refractivity contribution in [3.8, 4) is 0 Å². The molecular formula is HBr3Sr. The number of halogens is 3. The van der Waals surface area contributed by atoms with Crippen LogP contribution in [0.1, 0.15) is 0 Å². The van der Waals surface area contributed by atoms with E-state index in [0.717, 1.165) is 0 Å². The molecule has 0 aromatic rings. The third-order valence-electron chi connectivity index (χ3n) is 0. The predicted molar refractivity (Wildman–Crippen MR) is 16.1 cm³/mol. The second kappa shape index (κ2) is 16.8. The molecule has 24 valence electrons. The van der Waals surface area contributed by atoms with Gasteiger partial charge in [0, 0.05) is 0 Å². The molecule has 0 atom stereocenters. The minimum absolute atomic E-state index is 0. The normalized spacial score (nSPS) is 0. The maximum atomic E-state index is 0. The molecule has 0 aliphatic heterocycles. The van der Waals surface area contributed by atoms with Crippen molar-refractivity contribution < 1.29 is 34.0 Å². The van der Waals surface area contributed by atoms with E-state index in [0.29, 0.717) is 0 Å². The van der Waals surface area contributed by atoms with Gasteiger partial charge in [0.05, 0.1) is 0 Å². The Labute approximate surface area is 94.3 Å². The fourth-order valence-electron chi connectivity index (χ4n) is 0. The Morgan fingerprint density at radius 1 is 0.750 bits per heavy atom. The predicted octanol–water partition coefficient (Wildman–Crippen LogP) is -5.79. The topological polar surface area (TPSA) is 0 Å². The summed E-state index contributed by atoms with van der Waals surface area (Å²) in [6.45, 7) is 0. The van der Waals surface area contributed by atoms with Crippen molar-refractivity contribution in [1.29, 1.82) is 0 Å². The molecular weight excluding hydrogens is 327 g/mol. The molecule has 0 aromatic heterocycles. The van der Waals surface area contributed by atoms with Gasteiger partial charge in [0.25, 0.3) is 0 Å². The van der Waals surface area contributed by atoms with Crippen LogP contribution in [0.15, 0.2) is 0 Å². The molecule has 0 amide bonds. The molecule has 0 spiro atoms. The molecule has 0 unspecified atom stereocenters. The Morgan fingerprint density at radius 2 is 0.750 bits per heavy atom. The molecule has 0 saturated carbocycles. The van der Waals surface area contributed by atoms with E-state index in [9.17, 15) is 0 Å². The van der Waals surface area contributed by atoms with E-state index < -0.39 is 0 Å². The third-order valence-corrected chi connectivity index (χ3v) is 0. The molecule has 0 nitrogen and oxygen atoms in total. The van der Waals surface area contributed by atoms with Gasteiger partial charge in [0.15, 0.2) is 0 Å². The van der Waals surface area contributed by atoms with Gasteiger partial charge in [-0.25, -0.2) is 0 Å². The van der Waals surface area contributed by atoms with Crippen LogP contribution in [0.2, 0.25) is 0 Å². The zero-order valence-corrected chi connectivity index (χ0v) is 10.2. The van der Waals surface area contributed by atoms with Crippen LogP contribution in [0.3, 0.4) is 0 Å². The first-order valence-corrected chi connectivity index (χ1v) is 0. The molecule has 0 bridgehead atoms. The average Bonchev–Trinajstić information content (AvgIpc) is 0. The smallest absolute Gasteiger partial charge is 1.00 e. The zero-order valence-electron chi connectivity index (χ0n) is 1.87. The molecule has 0 fully saturated rings. The number of hydrogen-bond donors (Lipinski definition) is 0. The minimum Gasteiger partial charge on any atom is -1.00 e. The van der Waals surface area contributed by atoms with Crippen LogP contribution in [-0.4, -0.2) is 45.5 Å². The summed E-state index contributed by atoms with van der Waals surface area (Å²) in [5.41, 5.74) is 0. The Bertz CT molecular complexity index is 3.25. The van der Waals surface area contributed by atoms with Gasteiger partial charge in [0.1, 0.15) is 0 Å². The summed E-state index contributed by atoms with van der Waals surface area (Å²) < 4.78 is 0. The second-order valence-electron chi connectivity index (χ2n) is 0. The first-order valence-electron chi connectivity index (χ1n) is 0. The Hall–Kier alpha value is 2.92. The van der Waals surface area contributed by atoms with Gasteiger partial charge in [-0.1, -0.05) is 0 Å². The van der Waals surface area contributed by atoms with Gasteiger partial charge in [-0.05, 0) is 0 Å². The van der Waals surface area contributed by atoms with E-state index in [-0.39, 0.29) is 96.4 Å². The van der Waals surface area contributed by atoms with Crippen molar-refractivity contribution in [1.82, 2.24) is 0 Å². The van der Waals surface area contributed by atoms with Crippen LogP contribution >= 0.6 is 17.0 Å². The van der Waals surface area contributed by atoms with E-state index in [2.05, 4.69) is 0 Å². The molecule has 0 aromatic carbocycles. The first-order chi connectivity index (χ1) is 0. The van der Waals surface area contributed by atoms with E-state index in [4.69, 9.17) is 0 Å². The van der Waals surface area contributed by atoms with Gasteiger partial charge in [0.2, 0.25) is 0 Å². The Morgan fingerprint density at radius 3 is 0.750 bits per heavy atom.